The zero-order valence-electron chi connectivity index (χ0n) is 14.9. The summed E-state index contributed by atoms with van der Waals surface area (Å²) in [5.41, 5.74) is 1.90. The number of halogens is 1. The van der Waals surface area contributed by atoms with Crippen LogP contribution in [-0.2, 0) is 6.54 Å². The quantitative estimate of drug-likeness (QED) is 0.752. The topological polar surface area (TPSA) is 73.2 Å². The molecule has 1 aromatic heterocycles. The predicted molar refractivity (Wildman–Crippen MR) is 99.7 cm³/mol. The molecular weight excluding hydrogens is 349 g/mol. The lowest BCUT2D eigenvalue weighted by atomic mass is 10.2. The van der Waals surface area contributed by atoms with Gasteiger partial charge in [0, 0.05) is 6.07 Å². The molecule has 0 aliphatic heterocycles. The van der Waals surface area contributed by atoms with Gasteiger partial charge in [0.2, 0.25) is 0 Å². The maximum Gasteiger partial charge on any atom is 0.276 e. The number of carbonyl (C=O) groups is 1. The molecule has 0 unspecified atom stereocenters. The molecule has 1 amide bonds. The van der Waals surface area contributed by atoms with Crippen molar-refractivity contribution in [2.75, 3.05) is 12.4 Å². The smallest absolute Gasteiger partial charge is 0.276 e. The van der Waals surface area contributed by atoms with Crippen LogP contribution in [0.5, 0.6) is 5.75 Å². The number of methoxy groups -OCH3 is 1. The predicted octanol–water partition coefficient (Wildman–Crippen LogP) is 3.00. The minimum Gasteiger partial charge on any atom is -0.495 e. The lowest BCUT2D eigenvalue weighted by Crippen LogP contribution is -2.26. The molecule has 0 fully saturated rings. The number of carbonyl (C=O) groups excluding carboxylic acids is 1. The summed E-state index contributed by atoms with van der Waals surface area (Å²) in [5, 5.41) is 6.87. The van der Waals surface area contributed by atoms with Gasteiger partial charge in [0.05, 0.1) is 19.3 Å². The van der Waals surface area contributed by atoms with Gasteiger partial charge in [0.25, 0.3) is 11.5 Å². The van der Waals surface area contributed by atoms with E-state index in [9.17, 15) is 14.0 Å². The van der Waals surface area contributed by atoms with Crippen molar-refractivity contribution in [1.82, 2.24) is 9.78 Å². The Balaban J connectivity index is 1.85. The standard InChI is InChI=1S/C20H18FN3O3/c1-13-3-9-18(27-2)17(11-13)22-20(26)16-8-10-19(25)24(23-16)12-14-4-6-15(21)7-5-14/h3-11H,12H2,1-2H3,(H,22,26). The summed E-state index contributed by atoms with van der Waals surface area (Å²) < 4.78 is 19.4. The van der Waals surface area contributed by atoms with E-state index in [1.54, 1.807) is 24.3 Å². The molecule has 0 spiro atoms. The number of nitrogens with one attached hydrogen (secondary N) is 1. The normalized spacial score (nSPS) is 10.5. The van der Waals surface area contributed by atoms with Gasteiger partial charge in [0.15, 0.2) is 0 Å². The van der Waals surface area contributed by atoms with Gasteiger partial charge in [-0.05, 0) is 48.4 Å². The summed E-state index contributed by atoms with van der Waals surface area (Å²) in [7, 11) is 1.52. The number of aromatic nitrogens is 2. The SMILES string of the molecule is COc1ccc(C)cc1NC(=O)c1ccc(=O)n(Cc2ccc(F)cc2)n1. The first-order chi connectivity index (χ1) is 13.0. The van der Waals surface area contributed by atoms with E-state index in [2.05, 4.69) is 10.4 Å². The average molecular weight is 367 g/mol. The second-order valence-electron chi connectivity index (χ2n) is 6.00. The van der Waals surface area contributed by atoms with Crippen molar-refractivity contribution in [2.45, 2.75) is 13.5 Å². The second-order valence-corrected chi connectivity index (χ2v) is 6.00. The summed E-state index contributed by atoms with van der Waals surface area (Å²) >= 11 is 0. The zero-order chi connectivity index (χ0) is 19.4. The van der Waals surface area contributed by atoms with Crippen molar-refractivity contribution in [3.8, 4) is 5.75 Å². The molecule has 0 radical (unpaired) electrons. The fourth-order valence-electron chi connectivity index (χ4n) is 2.55. The number of aryl methyl sites for hydroxylation is 1. The summed E-state index contributed by atoms with van der Waals surface area (Å²) in [5.74, 6) is -0.306. The minimum atomic E-state index is -0.466. The van der Waals surface area contributed by atoms with Crippen molar-refractivity contribution in [3.63, 3.8) is 0 Å². The van der Waals surface area contributed by atoms with Crippen LogP contribution < -0.4 is 15.6 Å². The van der Waals surface area contributed by atoms with Crippen LogP contribution in [0.15, 0.2) is 59.4 Å². The molecule has 1 heterocycles. The first kappa shape index (κ1) is 18.3. The van der Waals surface area contributed by atoms with E-state index in [-0.39, 0.29) is 23.6 Å². The van der Waals surface area contributed by atoms with Gasteiger partial charge in [-0.2, -0.15) is 5.10 Å². The van der Waals surface area contributed by atoms with Gasteiger partial charge >= 0.3 is 0 Å². The second kappa shape index (κ2) is 7.82. The number of hydrogen-bond donors (Lipinski definition) is 1. The van der Waals surface area contributed by atoms with Gasteiger partial charge in [-0.25, -0.2) is 9.07 Å². The number of ether oxygens (including phenoxy) is 1. The molecular formula is C20H18FN3O3. The number of nitrogens with zero attached hydrogens (tertiary/aromatic N) is 2. The summed E-state index contributed by atoms with van der Waals surface area (Å²) in [6, 6.07) is 13.8. The van der Waals surface area contributed by atoms with E-state index in [1.807, 2.05) is 13.0 Å². The fourth-order valence-corrected chi connectivity index (χ4v) is 2.55. The summed E-state index contributed by atoms with van der Waals surface area (Å²) in [4.78, 5) is 24.6. The molecule has 7 heteroatoms. The lowest BCUT2D eigenvalue weighted by Gasteiger charge is -2.11. The number of amides is 1. The van der Waals surface area contributed by atoms with E-state index >= 15 is 0 Å². The highest BCUT2D eigenvalue weighted by Gasteiger charge is 2.13. The molecule has 138 valence electrons. The number of hydrogen-bond acceptors (Lipinski definition) is 4. The number of anilines is 1. The van der Waals surface area contributed by atoms with E-state index in [1.165, 1.54) is 31.4 Å². The zero-order valence-corrected chi connectivity index (χ0v) is 14.9. The largest absolute Gasteiger partial charge is 0.495 e. The van der Waals surface area contributed by atoms with Crippen LogP contribution in [0.2, 0.25) is 0 Å². The first-order valence-electron chi connectivity index (χ1n) is 8.25. The van der Waals surface area contributed by atoms with Crippen molar-refractivity contribution in [2.24, 2.45) is 0 Å². The highest BCUT2D eigenvalue weighted by atomic mass is 19.1. The molecule has 0 atom stereocenters. The molecule has 1 N–H and O–H groups in total. The summed E-state index contributed by atoms with van der Waals surface area (Å²) in [6.45, 7) is 2.03. The molecule has 27 heavy (non-hydrogen) atoms. The molecule has 0 saturated heterocycles. The Morgan fingerprint density at radius 3 is 2.59 bits per heavy atom. The van der Waals surface area contributed by atoms with Gasteiger partial charge in [-0.1, -0.05) is 18.2 Å². The fraction of sp³-hybridized carbons (Fsp3) is 0.150. The van der Waals surface area contributed by atoms with Crippen LogP contribution in [0.3, 0.4) is 0 Å². The van der Waals surface area contributed by atoms with Gasteiger partial charge < -0.3 is 10.1 Å². The third kappa shape index (κ3) is 4.38. The van der Waals surface area contributed by atoms with Crippen molar-refractivity contribution in [3.05, 3.63) is 87.6 Å². The summed E-state index contributed by atoms with van der Waals surface area (Å²) in [6.07, 6.45) is 0. The molecule has 3 rings (SSSR count). The first-order valence-corrected chi connectivity index (χ1v) is 8.25. The maximum atomic E-state index is 13.0. The maximum absolute atomic E-state index is 13.0. The monoisotopic (exact) mass is 367 g/mol. The molecule has 0 saturated carbocycles. The Bertz CT molecular complexity index is 1030. The van der Waals surface area contributed by atoms with Gasteiger partial charge in [-0.3, -0.25) is 9.59 Å². The van der Waals surface area contributed by atoms with Crippen molar-refractivity contribution >= 4 is 11.6 Å². The van der Waals surface area contributed by atoms with E-state index in [4.69, 9.17) is 4.74 Å². The van der Waals surface area contributed by atoms with Crippen LogP contribution >= 0.6 is 0 Å². The Morgan fingerprint density at radius 2 is 1.89 bits per heavy atom. The Labute approximate surface area is 155 Å². The van der Waals surface area contributed by atoms with Gasteiger partial charge in [-0.15, -0.1) is 0 Å². The van der Waals surface area contributed by atoms with E-state index < -0.39 is 5.91 Å². The highest BCUT2D eigenvalue weighted by molar-refractivity contribution is 6.03. The van der Waals surface area contributed by atoms with Crippen LogP contribution in [0.25, 0.3) is 0 Å². The third-order valence-electron chi connectivity index (χ3n) is 3.95. The molecule has 0 aliphatic rings. The molecule has 0 bridgehead atoms. The van der Waals surface area contributed by atoms with Gasteiger partial charge in [0.1, 0.15) is 17.3 Å². The van der Waals surface area contributed by atoms with E-state index in [0.717, 1.165) is 10.2 Å². The number of benzene rings is 2. The minimum absolute atomic E-state index is 0.0836. The lowest BCUT2D eigenvalue weighted by molar-refractivity contribution is 0.101. The van der Waals surface area contributed by atoms with Crippen molar-refractivity contribution < 1.29 is 13.9 Å². The molecule has 3 aromatic rings. The highest BCUT2D eigenvalue weighted by Crippen LogP contribution is 2.25. The van der Waals surface area contributed by atoms with Crippen molar-refractivity contribution in [1.29, 1.82) is 0 Å². The van der Waals surface area contributed by atoms with E-state index in [0.29, 0.717) is 17.0 Å². The van der Waals surface area contributed by atoms with Crippen LogP contribution in [0.4, 0.5) is 10.1 Å². The molecule has 6 nitrogen and oxygen atoms in total. The molecule has 0 aliphatic carbocycles. The Hall–Kier alpha value is -3.48. The van der Waals surface area contributed by atoms with Crippen LogP contribution in [-0.4, -0.2) is 22.8 Å². The average Bonchev–Trinajstić information content (AvgIpc) is 2.65. The Morgan fingerprint density at radius 1 is 1.15 bits per heavy atom. The molecule has 2 aromatic carbocycles. The van der Waals surface area contributed by atoms with Crippen LogP contribution in [0.1, 0.15) is 21.6 Å². The van der Waals surface area contributed by atoms with Crippen LogP contribution in [0, 0.1) is 12.7 Å². The third-order valence-corrected chi connectivity index (χ3v) is 3.95. The number of rotatable bonds is 5. The Kier molecular flexibility index (Phi) is 5.30.